The zero-order valence-electron chi connectivity index (χ0n) is 12.6. The number of benzene rings is 1. The number of carbonyl (C=O) groups excluding carboxylic acids is 1. The molecule has 112 valence electrons. The normalized spacial score (nSPS) is 10.6. The third kappa shape index (κ3) is 4.21. The van der Waals surface area contributed by atoms with Gasteiger partial charge in [0.1, 0.15) is 0 Å². The minimum Gasteiger partial charge on any atom is -0.353 e. The smallest absolute Gasteiger partial charge is 0.254 e. The SMILES string of the molecule is CCCCN(Cc1cccn1C)C(=O)c1cccc(Br)c1. The minimum absolute atomic E-state index is 0.0888. The van der Waals surface area contributed by atoms with Gasteiger partial charge in [-0.1, -0.05) is 35.3 Å². The van der Waals surface area contributed by atoms with E-state index in [1.807, 2.05) is 48.5 Å². The third-order valence-corrected chi connectivity index (χ3v) is 4.04. The van der Waals surface area contributed by atoms with Crippen LogP contribution in [-0.2, 0) is 13.6 Å². The highest BCUT2D eigenvalue weighted by molar-refractivity contribution is 9.10. The maximum Gasteiger partial charge on any atom is 0.254 e. The third-order valence-electron chi connectivity index (χ3n) is 3.54. The Balaban J connectivity index is 2.18. The monoisotopic (exact) mass is 348 g/mol. The molecule has 1 aromatic carbocycles. The molecule has 0 fully saturated rings. The van der Waals surface area contributed by atoms with Crippen molar-refractivity contribution < 1.29 is 4.79 Å². The van der Waals surface area contributed by atoms with Crippen molar-refractivity contribution in [1.82, 2.24) is 9.47 Å². The lowest BCUT2D eigenvalue weighted by atomic mass is 10.2. The second-order valence-corrected chi connectivity index (χ2v) is 6.12. The molecule has 0 unspecified atom stereocenters. The van der Waals surface area contributed by atoms with Crippen molar-refractivity contribution in [2.75, 3.05) is 6.54 Å². The minimum atomic E-state index is 0.0888. The molecule has 2 rings (SSSR count). The van der Waals surface area contributed by atoms with Gasteiger partial charge in [0.15, 0.2) is 0 Å². The average Bonchev–Trinajstić information content (AvgIpc) is 2.88. The maximum absolute atomic E-state index is 12.7. The molecule has 0 atom stereocenters. The maximum atomic E-state index is 12.7. The fourth-order valence-electron chi connectivity index (χ4n) is 2.26. The lowest BCUT2D eigenvalue weighted by Crippen LogP contribution is -2.32. The van der Waals surface area contributed by atoms with Crippen molar-refractivity contribution >= 4 is 21.8 Å². The molecule has 1 amide bonds. The Morgan fingerprint density at radius 1 is 1.29 bits per heavy atom. The molecule has 4 heteroatoms. The Kier molecular flexibility index (Phi) is 5.62. The average molecular weight is 349 g/mol. The van der Waals surface area contributed by atoms with Crippen LogP contribution in [0.25, 0.3) is 0 Å². The molecule has 0 aliphatic carbocycles. The molecule has 21 heavy (non-hydrogen) atoms. The molecule has 0 N–H and O–H groups in total. The van der Waals surface area contributed by atoms with E-state index in [1.165, 1.54) is 0 Å². The molecule has 1 aromatic heterocycles. The highest BCUT2D eigenvalue weighted by Crippen LogP contribution is 2.16. The number of halogens is 1. The summed E-state index contributed by atoms with van der Waals surface area (Å²) in [6.07, 6.45) is 4.11. The molecule has 0 aliphatic rings. The molecular weight excluding hydrogens is 328 g/mol. The van der Waals surface area contributed by atoms with Gasteiger partial charge >= 0.3 is 0 Å². The first kappa shape index (κ1) is 15.8. The van der Waals surface area contributed by atoms with E-state index in [0.29, 0.717) is 6.54 Å². The number of aryl methyl sites for hydroxylation is 1. The largest absolute Gasteiger partial charge is 0.353 e. The van der Waals surface area contributed by atoms with Crippen LogP contribution in [0.15, 0.2) is 47.1 Å². The molecule has 2 aromatic rings. The topological polar surface area (TPSA) is 25.2 Å². The summed E-state index contributed by atoms with van der Waals surface area (Å²) in [7, 11) is 2.01. The van der Waals surface area contributed by atoms with Crippen LogP contribution in [-0.4, -0.2) is 21.9 Å². The zero-order valence-corrected chi connectivity index (χ0v) is 14.1. The van der Waals surface area contributed by atoms with Gasteiger partial charge in [0, 0.05) is 35.5 Å². The van der Waals surface area contributed by atoms with Crippen LogP contribution in [0.3, 0.4) is 0 Å². The number of unbranched alkanes of at least 4 members (excludes halogenated alkanes) is 1. The van der Waals surface area contributed by atoms with Gasteiger partial charge < -0.3 is 9.47 Å². The first-order valence-electron chi connectivity index (χ1n) is 7.27. The molecule has 1 heterocycles. The number of hydrogen-bond donors (Lipinski definition) is 0. The van der Waals surface area contributed by atoms with Crippen LogP contribution in [0.2, 0.25) is 0 Å². The van der Waals surface area contributed by atoms with Crippen molar-refractivity contribution in [1.29, 1.82) is 0 Å². The van der Waals surface area contributed by atoms with Gasteiger partial charge in [0.2, 0.25) is 0 Å². The number of hydrogen-bond acceptors (Lipinski definition) is 1. The summed E-state index contributed by atoms with van der Waals surface area (Å²) in [5, 5.41) is 0. The lowest BCUT2D eigenvalue weighted by molar-refractivity contribution is 0.0737. The number of carbonyl (C=O) groups is 1. The molecule has 0 radical (unpaired) electrons. The van der Waals surface area contributed by atoms with E-state index in [2.05, 4.69) is 33.5 Å². The first-order valence-corrected chi connectivity index (χ1v) is 8.06. The molecule has 0 aliphatic heterocycles. The number of nitrogens with zero attached hydrogens (tertiary/aromatic N) is 2. The van der Waals surface area contributed by atoms with E-state index < -0.39 is 0 Å². The van der Waals surface area contributed by atoms with Crippen LogP contribution in [0.5, 0.6) is 0 Å². The van der Waals surface area contributed by atoms with Crippen LogP contribution >= 0.6 is 15.9 Å². The van der Waals surface area contributed by atoms with E-state index in [4.69, 9.17) is 0 Å². The van der Waals surface area contributed by atoms with E-state index in [-0.39, 0.29) is 5.91 Å². The van der Waals surface area contributed by atoms with Crippen LogP contribution in [0.1, 0.15) is 35.8 Å². The van der Waals surface area contributed by atoms with Crippen molar-refractivity contribution in [3.63, 3.8) is 0 Å². The summed E-state index contributed by atoms with van der Waals surface area (Å²) in [6, 6.07) is 11.7. The fraction of sp³-hybridized carbons (Fsp3) is 0.353. The molecule has 0 saturated carbocycles. The van der Waals surface area contributed by atoms with E-state index in [1.54, 1.807) is 0 Å². The van der Waals surface area contributed by atoms with Gasteiger partial charge in [0.25, 0.3) is 5.91 Å². The highest BCUT2D eigenvalue weighted by Gasteiger charge is 2.16. The van der Waals surface area contributed by atoms with Crippen molar-refractivity contribution in [3.8, 4) is 0 Å². The molecule has 0 spiro atoms. The van der Waals surface area contributed by atoms with Gasteiger partial charge in [-0.2, -0.15) is 0 Å². The predicted molar refractivity (Wildman–Crippen MR) is 89.2 cm³/mol. The van der Waals surface area contributed by atoms with Crippen LogP contribution < -0.4 is 0 Å². The van der Waals surface area contributed by atoms with Gasteiger partial charge in [-0.15, -0.1) is 0 Å². The summed E-state index contributed by atoms with van der Waals surface area (Å²) >= 11 is 3.43. The van der Waals surface area contributed by atoms with Gasteiger partial charge in [-0.25, -0.2) is 0 Å². The first-order chi connectivity index (χ1) is 10.1. The zero-order chi connectivity index (χ0) is 15.2. The Hall–Kier alpha value is -1.55. The van der Waals surface area contributed by atoms with Crippen molar-refractivity contribution in [3.05, 3.63) is 58.3 Å². The Morgan fingerprint density at radius 3 is 2.71 bits per heavy atom. The second-order valence-electron chi connectivity index (χ2n) is 5.20. The number of rotatable bonds is 6. The number of aromatic nitrogens is 1. The standard InChI is InChI=1S/C17H21BrN2O/c1-3-4-11-20(13-16-9-6-10-19(16)2)17(21)14-7-5-8-15(18)12-14/h5-10,12H,3-4,11,13H2,1-2H3. The number of amides is 1. The summed E-state index contributed by atoms with van der Waals surface area (Å²) in [5.74, 6) is 0.0888. The summed E-state index contributed by atoms with van der Waals surface area (Å²) in [4.78, 5) is 14.7. The van der Waals surface area contributed by atoms with Gasteiger partial charge in [-0.3, -0.25) is 4.79 Å². The van der Waals surface area contributed by atoms with Crippen molar-refractivity contribution in [2.45, 2.75) is 26.3 Å². The molecule has 0 saturated heterocycles. The molecule has 3 nitrogen and oxygen atoms in total. The Morgan fingerprint density at radius 2 is 2.10 bits per heavy atom. The summed E-state index contributed by atoms with van der Waals surface area (Å²) in [6.45, 7) is 3.58. The Bertz CT molecular complexity index is 606. The van der Waals surface area contributed by atoms with E-state index >= 15 is 0 Å². The van der Waals surface area contributed by atoms with Gasteiger partial charge in [-0.05, 0) is 36.8 Å². The molecule has 0 bridgehead atoms. The van der Waals surface area contributed by atoms with E-state index in [9.17, 15) is 4.79 Å². The quantitative estimate of drug-likeness (QED) is 0.766. The van der Waals surface area contributed by atoms with Crippen molar-refractivity contribution in [2.24, 2.45) is 7.05 Å². The predicted octanol–water partition coefficient (Wildman–Crippen LogP) is 4.23. The van der Waals surface area contributed by atoms with E-state index in [0.717, 1.165) is 35.1 Å². The summed E-state index contributed by atoms with van der Waals surface area (Å²) in [5.41, 5.74) is 1.88. The second kappa shape index (κ2) is 7.46. The summed E-state index contributed by atoms with van der Waals surface area (Å²) < 4.78 is 3.00. The fourth-order valence-corrected chi connectivity index (χ4v) is 2.66. The lowest BCUT2D eigenvalue weighted by Gasteiger charge is -2.23. The van der Waals surface area contributed by atoms with Crippen LogP contribution in [0, 0.1) is 0 Å². The Labute approximate surface area is 134 Å². The van der Waals surface area contributed by atoms with Gasteiger partial charge in [0.05, 0.1) is 6.54 Å². The van der Waals surface area contributed by atoms with Crippen LogP contribution in [0.4, 0.5) is 0 Å². The highest BCUT2D eigenvalue weighted by atomic mass is 79.9. The molecular formula is C17H21BrN2O.